The molecule has 144 valence electrons. The molecular formula is C22H20FNO4. The first-order valence-corrected chi connectivity index (χ1v) is 8.86. The molecule has 2 aromatic carbocycles. The third kappa shape index (κ3) is 4.17. The number of aryl methyl sites for hydroxylation is 2. The molecule has 0 spiro atoms. The van der Waals surface area contributed by atoms with Crippen molar-refractivity contribution in [3.8, 4) is 0 Å². The molecule has 0 bridgehead atoms. The number of esters is 2. The number of carbonyl (C=O) groups excluding carboxylic acids is 2. The van der Waals surface area contributed by atoms with Gasteiger partial charge in [-0.15, -0.1) is 0 Å². The van der Waals surface area contributed by atoms with Gasteiger partial charge in [0.1, 0.15) is 12.4 Å². The summed E-state index contributed by atoms with van der Waals surface area (Å²) in [5, 5.41) is 0.831. The first kappa shape index (κ1) is 19.5. The lowest BCUT2D eigenvalue weighted by molar-refractivity contribution is -0.145. The molecule has 0 aliphatic carbocycles. The van der Waals surface area contributed by atoms with Gasteiger partial charge in [-0.25, -0.2) is 14.2 Å². The summed E-state index contributed by atoms with van der Waals surface area (Å²) >= 11 is 0. The molecule has 0 radical (unpaired) electrons. The van der Waals surface area contributed by atoms with Crippen LogP contribution in [0.2, 0.25) is 0 Å². The Morgan fingerprint density at radius 3 is 2.54 bits per heavy atom. The maximum absolute atomic E-state index is 13.7. The van der Waals surface area contributed by atoms with Crippen LogP contribution in [0.25, 0.3) is 10.9 Å². The number of fused-ring (bicyclic) bond motifs is 1. The number of aromatic nitrogens is 1. The van der Waals surface area contributed by atoms with E-state index in [0.717, 1.165) is 10.9 Å². The molecule has 0 amide bonds. The van der Waals surface area contributed by atoms with Crippen LogP contribution >= 0.6 is 0 Å². The van der Waals surface area contributed by atoms with Gasteiger partial charge in [-0.2, -0.15) is 0 Å². The van der Waals surface area contributed by atoms with Crippen LogP contribution < -0.4 is 0 Å². The number of hydrogen-bond acceptors (Lipinski definition) is 5. The first-order valence-electron chi connectivity index (χ1n) is 8.86. The SMILES string of the molecule is COC(=O)c1c(COC(=O)CCc2ccccc2F)nc2ccccc2c1C. The van der Waals surface area contributed by atoms with Crippen LogP contribution in [0.1, 0.15) is 33.6 Å². The Hall–Kier alpha value is -3.28. The van der Waals surface area contributed by atoms with Gasteiger partial charge < -0.3 is 9.47 Å². The molecule has 0 N–H and O–H groups in total. The quantitative estimate of drug-likeness (QED) is 0.600. The molecule has 1 aromatic heterocycles. The number of ether oxygens (including phenoxy) is 2. The van der Waals surface area contributed by atoms with Crippen molar-refractivity contribution in [2.24, 2.45) is 0 Å². The number of carbonyl (C=O) groups is 2. The maximum atomic E-state index is 13.7. The molecule has 0 atom stereocenters. The van der Waals surface area contributed by atoms with Crippen LogP contribution in [0, 0.1) is 12.7 Å². The van der Waals surface area contributed by atoms with Gasteiger partial charge in [-0.05, 0) is 36.6 Å². The lowest BCUT2D eigenvalue weighted by Crippen LogP contribution is -2.14. The summed E-state index contributed by atoms with van der Waals surface area (Å²) in [5.74, 6) is -1.38. The standard InChI is InChI=1S/C22H20FNO4/c1-14-16-8-4-6-10-18(16)24-19(21(14)22(26)27-2)13-28-20(25)12-11-15-7-3-5-9-17(15)23/h3-10H,11-13H2,1-2H3. The van der Waals surface area contributed by atoms with Crippen molar-refractivity contribution in [2.75, 3.05) is 7.11 Å². The fourth-order valence-corrected chi connectivity index (χ4v) is 3.08. The van der Waals surface area contributed by atoms with E-state index >= 15 is 0 Å². The highest BCUT2D eigenvalue weighted by molar-refractivity contribution is 5.98. The average molecular weight is 381 g/mol. The van der Waals surface area contributed by atoms with E-state index in [1.807, 2.05) is 24.3 Å². The Morgan fingerprint density at radius 2 is 1.79 bits per heavy atom. The maximum Gasteiger partial charge on any atom is 0.340 e. The number of nitrogens with zero attached hydrogens (tertiary/aromatic N) is 1. The largest absolute Gasteiger partial charge is 0.465 e. The highest BCUT2D eigenvalue weighted by Crippen LogP contribution is 2.24. The van der Waals surface area contributed by atoms with Crippen molar-refractivity contribution in [2.45, 2.75) is 26.4 Å². The second-order valence-corrected chi connectivity index (χ2v) is 6.32. The first-order chi connectivity index (χ1) is 13.5. The normalized spacial score (nSPS) is 10.7. The minimum Gasteiger partial charge on any atom is -0.465 e. The van der Waals surface area contributed by atoms with E-state index in [9.17, 15) is 14.0 Å². The third-order valence-electron chi connectivity index (χ3n) is 4.54. The molecule has 5 nitrogen and oxygen atoms in total. The van der Waals surface area contributed by atoms with Crippen LogP contribution in [0.3, 0.4) is 0 Å². The Bertz CT molecular complexity index is 1030. The molecule has 28 heavy (non-hydrogen) atoms. The lowest BCUT2D eigenvalue weighted by Gasteiger charge is -2.13. The van der Waals surface area contributed by atoms with E-state index in [2.05, 4.69) is 4.98 Å². The fraction of sp³-hybridized carbons (Fsp3) is 0.227. The number of rotatable bonds is 6. The average Bonchev–Trinajstić information content (AvgIpc) is 2.71. The molecular weight excluding hydrogens is 361 g/mol. The van der Waals surface area contributed by atoms with Crippen LogP contribution in [0.4, 0.5) is 4.39 Å². The van der Waals surface area contributed by atoms with Crippen molar-refractivity contribution in [1.82, 2.24) is 4.98 Å². The number of methoxy groups -OCH3 is 1. The predicted molar refractivity (Wildman–Crippen MR) is 102 cm³/mol. The van der Waals surface area contributed by atoms with Crippen molar-refractivity contribution >= 4 is 22.8 Å². The summed E-state index contributed by atoms with van der Waals surface area (Å²) in [6.07, 6.45) is 0.264. The molecule has 3 rings (SSSR count). The second kappa shape index (κ2) is 8.61. The van der Waals surface area contributed by atoms with Crippen molar-refractivity contribution in [1.29, 1.82) is 0 Å². The smallest absolute Gasteiger partial charge is 0.340 e. The molecule has 6 heteroatoms. The van der Waals surface area contributed by atoms with E-state index < -0.39 is 11.9 Å². The van der Waals surface area contributed by atoms with E-state index in [-0.39, 0.29) is 25.3 Å². The minimum atomic E-state index is -0.534. The highest BCUT2D eigenvalue weighted by atomic mass is 19.1. The molecule has 0 saturated carbocycles. The summed E-state index contributed by atoms with van der Waals surface area (Å²) < 4.78 is 23.8. The van der Waals surface area contributed by atoms with Gasteiger partial charge in [-0.3, -0.25) is 4.79 Å². The van der Waals surface area contributed by atoms with Gasteiger partial charge in [0.15, 0.2) is 0 Å². The zero-order valence-corrected chi connectivity index (χ0v) is 15.7. The van der Waals surface area contributed by atoms with Crippen LogP contribution in [-0.4, -0.2) is 24.0 Å². The summed E-state index contributed by atoms with van der Waals surface area (Å²) in [5.41, 5.74) is 2.50. The molecule has 0 aliphatic heterocycles. The highest BCUT2D eigenvalue weighted by Gasteiger charge is 2.20. The Kier molecular flexibility index (Phi) is 5.99. The van der Waals surface area contributed by atoms with Gasteiger partial charge in [0.05, 0.1) is 23.9 Å². The zero-order valence-electron chi connectivity index (χ0n) is 15.7. The predicted octanol–water partition coefficient (Wildman–Crippen LogP) is 4.14. The molecule has 1 heterocycles. The Morgan fingerprint density at radius 1 is 1.07 bits per heavy atom. The second-order valence-electron chi connectivity index (χ2n) is 6.32. The summed E-state index contributed by atoms with van der Waals surface area (Å²) in [6.45, 7) is 1.64. The molecule has 0 fully saturated rings. The summed E-state index contributed by atoms with van der Waals surface area (Å²) in [4.78, 5) is 28.8. The van der Waals surface area contributed by atoms with E-state index in [1.165, 1.54) is 13.2 Å². The molecule has 0 saturated heterocycles. The van der Waals surface area contributed by atoms with Crippen LogP contribution in [0.5, 0.6) is 0 Å². The number of para-hydroxylation sites is 1. The van der Waals surface area contributed by atoms with Crippen molar-refractivity contribution in [3.63, 3.8) is 0 Å². The van der Waals surface area contributed by atoms with Crippen molar-refractivity contribution in [3.05, 3.63) is 76.7 Å². The van der Waals surface area contributed by atoms with Crippen LogP contribution in [-0.2, 0) is 27.3 Å². The monoisotopic (exact) mass is 381 g/mol. The van der Waals surface area contributed by atoms with Gasteiger partial charge in [-0.1, -0.05) is 36.4 Å². The number of benzene rings is 2. The topological polar surface area (TPSA) is 65.5 Å². The summed E-state index contributed by atoms with van der Waals surface area (Å²) in [7, 11) is 1.29. The lowest BCUT2D eigenvalue weighted by atomic mass is 10.0. The van der Waals surface area contributed by atoms with Crippen LogP contribution in [0.15, 0.2) is 48.5 Å². The molecule has 3 aromatic rings. The van der Waals surface area contributed by atoms with E-state index in [1.54, 1.807) is 25.1 Å². The van der Waals surface area contributed by atoms with E-state index in [4.69, 9.17) is 9.47 Å². The summed E-state index contributed by atoms with van der Waals surface area (Å²) in [6, 6.07) is 13.7. The molecule has 0 unspecified atom stereocenters. The van der Waals surface area contributed by atoms with Gasteiger partial charge in [0.25, 0.3) is 0 Å². The fourth-order valence-electron chi connectivity index (χ4n) is 3.08. The minimum absolute atomic E-state index is 0.0288. The number of hydrogen-bond donors (Lipinski definition) is 0. The van der Waals surface area contributed by atoms with Crippen molar-refractivity contribution < 1.29 is 23.5 Å². The Labute approximate surface area is 162 Å². The van der Waals surface area contributed by atoms with Gasteiger partial charge >= 0.3 is 11.9 Å². The van der Waals surface area contributed by atoms with E-state index in [0.29, 0.717) is 22.3 Å². The third-order valence-corrected chi connectivity index (χ3v) is 4.54. The zero-order chi connectivity index (χ0) is 20.1. The Balaban J connectivity index is 1.77. The van der Waals surface area contributed by atoms with Gasteiger partial charge in [0, 0.05) is 11.8 Å². The van der Waals surface area contributed by atoms with Gasteiger partial charge in [0.2, 0.25) is 0 Å². The number of pyridine rings is 1. The molecule has 0 aliphatic rings. The number of halogens is 1.